The van der Waals surface area contributed by atoms with Crippen molar-refractivity contribution in [3.63, 3.8) is 0 Å². The van der Waals surface area contributed by atoms with Crippen molar-refractivity contribution in [2.24, 2.45) is 0 Å². The molecule has 2 rings (SSSR count). The Balaban J connectivity index is 2.06. The van der Waals surface area contributed by atoms with Gasteiger partial charge in [-0.15, -0.1) is 5.10 Å². The quantitative estimate of drug-likeness (QED) is 0.611. The lowest BCUT2D eigenvalue weighted by Crippen LogP contribution is -2.17. The van der Waals surface area contributed by atoms with E-state index in [2.05, 4.69) is 35.0 Å². The van der Waals surface area contributed by atoms with Crippen molar-refractivity contribution in [3.8, 4) is 0 Å². The Hall–Kier alpha value is -1.14. The number of rotatable bonds is 7. The minimum Gasteiger partial charge on any atom is -0.270 e. The van der Waals surface area contributed by atoms with Crippen LogP contribution in [0.3, 0.4) is 0 Å². The summed E-state index contributed by atoms with van der Waals surface area (Å²) in [5, 5.41) is 7.38. The van der Waals surface area contributed by atoms with Crippen molar-refractivity contribution in [1.29, 1.82) is 0 Å². The van der Waals surface area contributed by atoms with E-state index in [1.165, 1.54) is 5.56 Å². The first-order chi connectivity index (χ1) is 9.76. The molecule has 1 aromatic carbocycles. The number of H-pyrrole nitrogens is 1. The molecule has 0 radical (unpaired) electrons. The van der Waals surface area contributed by atoms with Gasteiger partial charge in [-0.3, -0.25) is 4.57 Å². The summed E-state index contributed by atoms with van der Waals surface area (Å²) in [4.78, 5) is 11.6. The predicted octanol–water partition coefficient (Wildman–Crippen LogP) is 2.79. The highest BCUT2D eigenvalue weighted by atomic mass is 32.2. The van der Waals surface area contributed by atoms with Crippen molar-refractivity contribution in [2.45, 2.75) is 31.0 Å². The smallest absolute Gasteiger partial charge is 0.270 e. The zero-order valence-electron chi connectivity index (χ0n) is 11.5. The summed E-state index contributed by atoms with van der Waals surface area (Å²) < 4.78 is 1.70. The van der Waals surface area contributed by atoms with Gasteiger partial charge in [-0.25, -0.2) is 9.89 Å². The van der Waals surface area contributed by atoms with E-state index in [0.717, 1.165) is 23.1 Å². The fourth-order valence-corrected chi connectivity index (χ4v) is 3.60. The van der Waals surface area contributed by atoms with Gasteiger partial charge in [0.05, 0.1) is 0 Å². The van der Waals surface area contributed by atoms with Crippen LogP contribution in [-0.2, 0) is 6.54 Å². The lowest BCUT2D eigenvalue weighted by Gasteiger charge is -2.14. The fourth-order valence-electron chi connectivity index (χ4n) is 1.99. The van der Waals surface area contributed by atoms with Crippen LogP contribution in [0.4, 0.5) is 0 Å². The van der Waals surface area contributed by atoms with Crippen LogP contribution in [-0.4, -0.2) is 26.3 Å². The van der Waals surface area contributed by atoms with Gasteiger partial charge in [-0.2, -0.15) is 12.6 Å². The van der Waals surface area contributed by atoms with Crippen molar-refractivity contribution in [3.05, 3.63) is 46.4 Å². The van der Waals surface area contributed by atoms with Gasteiger partial charge in [0.25, 0.3) is 0 Å². The zero-order chi connectivity index (χ0) is 14.4. The number of aromatic nitrogens is 3. The standard InChI is InChI=1S/C14H19N3OS2/c1-2-8-17-13(18)15-16-14(17)20-10-12(9-19)11-6-4-3-5-7-11/h3-7,12,19H,2,8-10H2,1H3,(H,15,18). The maximum atomic E-state index is 11.6. The third-order valence-corrected chi connectivity index (χ3v) is 4.66. The number of thioether (sulfide) groups is 1. The topological polar surface area (TPSA) is 50.7 Å². The molecular weight excluding hydrogens is 290 g/mol. The van der Waals surface area contributed by atoms with Gasteiger partial charge in [-0.05, 0) is 17.7 Å². The molecule has 6 heteroatoms. The average Bonchev–Trinajstić information content (AvgIpc) is 2.82. The maximum Gasteiger partial charge on any atom is 0.343 e. The highest BCUT2D eigenvalue weighted by molar-refractivity contribution is 7.99. The minimum absolute atomic E-state index is 0.128. The highest BCUT2D eigenvalue weighted by Crippen LogP contribution is 2.25. The molecule has 0 amide bonds. The Kier molecular flexibility index (Phi) is 5.79. The lowest BCUT2D eigenvalue weighted by molar-refractivity contribution is 0.603. The van der Waals surface area contributed by atoms with E-state index in [1.54, 1.807) is 16.3 Å². The molecule has 0 aliphatic heterocycles. The molecule has 0 saturated carbocycles. The molecule has 4 nitrogen and oxygen atoms in total. The summed E-state index contributed by atoms with van der Waals surface area (Å²) in [7, 11) is 0. The molecule has 0 bridgehead atoms. The van der Waals surface area contributed by atoms with Crippen molar-refractivity contribution in [2.75, 3.05) is 11.5 Å². The molecule has 0 fully saturated rings. The Bertz CT molecular complexity index is 580. The first kappa shape index (κ1) is 15.3. The van der Waals surface area contributed by atoms with Gasteiger partial charge in [0, 0.05) is 18.2 Å². The van der Waals surface area contributed by atoms with Crippen LogP contribution >= 0.6 is 24.4 Å². The molecule has 0 saturated heterocycles. The van der Waals surface area contributed by atoms with Crippen molar-refractivity contribution in [1.82, 2.24) is 14.8 Å². The summed E-state index contributed by atoms with van der Waals surface area (Å²) >= 11 is 6.04. The number of thiol groups is 1. The molecule has 1 atom stereocenters. The van der Waals surface area contributed by atoms with Crippen LogP contribution in [0.1, 0.15) is 24.8 Å². The molecule has 0 aliphatic carbocycles. The second-order valence-electron chi connectivity index (χ2n) is 4.56. The summed E-state index contributed by atoms with van der Waals surface area (Å²) in [6.45, 7) is 2.75. The van der Waals surface area contributed by atoms with Gasteiger partial charge in [-0.1, -0.05) is 49.0 Å². The SMILES string of the molecule is CCCn1c(SCC(CS)c2ccccc2)n[nH]c1=O. The zero-order valence-corrected chi connectivity index (χ0v) is 13.2. The molecule has 0 aliphatic rings. The highest BCUT2D eigenvalue weighted by Gasteiger charge is 2.13. The third kappa shape index (κ3) is 3.70. The molecular formula is C14H19N3OS2. The molecule has 2 aromatic rings. The second kappa shape index (κ2) is 7.59. The molecule has 0 spiro atoms. The molecule has 1 unspecified atom stereocenters. The summed E-state index contributed by atoms with van der Waals surface area (Å²) in [6, 6.07) is 10.3. The van der Waals surface area contributed by atoms with Crippen LogP contribution in [0.25, 0.3) is 0 Å². The van der Waals surface area contributed by atoms with Gasteiger partial charge >= 0.3 is 5.69 Å². The van der Waals surface area contributed by atoms with E-state index < -0.39 is 0 Å². The van der Waals surface area contributed by atoms with Crippen LogP contribution < -0.4 is 5.69 Å². The van der Waals surface area contributed by atoms with E-state index in [0.29, 0.717) is 12.5 Å². The van der Waals surface area contributed by atoms with E-state index in [1.807, 2.05) is 25.1 Å². The number of nitrogens with zero attached hydrogens (tertiary/aromatic N) is 2. The first-order valence-corrected chi connectivity index (χ1v) is 8.31. The van der Waals surface area contributed by atoms with E-state index >= 15 is 0 Å². The van der Waals surface area contributed by atoms with Crippen LogP contribution in [0, 0.1) is 0 Å². The third-order valence-electron chi connectivity index (χ3n) is 3.08. The molecule has 1 N–H and O–H groups in total. The van der Waals surface area contributed by atoms with Crippen molar-refractivity contribution >= 4 is 24.4 Å². The van der Waals surface area contributed by atoms with Gasteiger partial charge in [0.2, 0.25) is 0 Å². The van der Waals surface area contributed by atoms with E-state index in [-0.39, 0.29) is 5.69 Å². The van der Waals surface area contributed by atoms with E-state index in [4.69, 9.17) is 0 Å². The van der Waals surface area contributed by atoms with Crippen LogP contribution in [0.5, 0.6) is 0 Å². The molecule has 1 heterocycles. The Morgan fingerprint density at radius 1 is 1.40 bits per heavy atom. The number of nitrogens with one attached hydrogen (secondary N) is 1. The van der Waals surface area contributed by atoms with Gasteiger partial charge in [0.15, 0.2) is 5.16 Å². The largest absolute Gasteiger partial charge is 0.343 e. The molecule has 20 heavy (non-hydrogen) atoms. The number of hydrogen-bond donors (Lipinski definition) is 2. The normalized spacial score (nSPS) is 12.5. The number of aromatic amines is 1. The molecule has 1 aromatic heterocycles. The van der Waals surface area contributed by atoms with Gasteiger partial charge in [0.1, 0.15) is 0 Å². The average molecular weight is 309 g/mol. The fraction of sp³-hybridized carbons (Fsp3) is 0.429. The summed E-state index contributed by atoms with van der Waals surface area (Å²) in [5.74, 6) is 1.99. The lowest BCUT2D eigenvalue weighted by atomic mass is 10.0. The summed E-state index contributed by atoms with van der Waals surface area (Å²) in [5.41, 5.74) is 1.14. The van der Waals surface area contributed by atoms with Crippen LogP contribution in [0.15, 0.2) is 40.3 Å². The Morgan fingerprint density at radius 2 is 2.15 bits per heavy atom. The maximum absolute atomic E-state index is 11.6. The predicted molar refractivity (Wildman–Crippen MR) is 86.9 cm³/mol. The Labute approximate surface area is 128 Å². The Morgan fingerprint density at radius 3 is 2.80 bits per heavy atom. The van der Waals surface area contributed by atoms with Gasteiger partial charge < -0.3 is 0 Å². The second-order valence-corrected chi connectivity index (χ2v) is 5.92. The first-order valence-electron chi connectivity index (χ1n) is 6.70. The van der Waals surface area contributed by atoms with Crippen molar-refractivity contribution < 1.29 is 0 Å². The number of benzene rings is 1. The van der Waals surface area contributed by atoms with Crippen LogP contribution in [0.2, 0.25) is 0 Å². The minimum atomic E-state index is -0.128. The van der Waals surface area contributed by atoms with E-state index in [9.17, 15) is 4.79 Å². The monoisotopic (exact) mass is 309 g/mol. The number of hydrogen-bond acceptors (Lipinski definition) is 4. The summed E-state index contributed by atoms with van der Waals surface area (Å²) in [6.07, 6.45) is 0.918. The molecule has 108 valence electrons.